The van der Waals surface area contributed by atoms with Crippen LogP contribution in [0.1, 0.15) is 33.1 Å². The van der Waals surface area contributed by atoms with Gasteiger partial charge in [0.2, 0.25) is 5.91 Å². The molecule has 0 aromatic heterocycles. The van der Waals surface area contributed by atoms with Gasteiger partial charge in [-0.15, -0.1) is 0 Å². The average Bonchev–Trinajstić information content (AvgIpc) is 2.04. The number of likely N-dealkylation sites (tertiary alicyclic amines) is 1. The Morgan fingerprint density at radius 1 is 1.58 bits per heavy atom. The second-order valence-electron chi connectivity index (χ2n) is 3.49. The topological polar surface area (TPSA) is 20.3 Å². The maximum atomic E-state index is 11.6. The zero-order valence-electron chi connectivity index (χ0n) is 7.72. The molecule has 0 aliphatic carbocycles. The van der Waals surface area contributed by atoms with Crippen LogP contribution in [-0.2, 0) is 4.79 Å². The molecule has 1 aliphatic heterocycles. The van der Waals surface area contributed by atoms with Gasteiger partial charge in [-0.1, -0.05) is 15.9 Å². The Hall–Kier alpha value is -0.0500. The number of rotatable bonds is 1. The van der Waals surface area contributed by atoms with Crippen LogP contribution in [0.2, 0.25) is 0 Å². The van der Waals surface area contributed by atoms with Crippen molar-refractivity contribution in [2.75, 3.05) is 6.54 Å². The number of nitrogens with zero attached hydrogens (tertiary/aromatic N) is 1. The predicted octanol–water partition coefficient (Wildman–Crippen LogP) is 2.17. The number of hydrogen-bond donors (Lipinski definition) is 0. The molecule has 0 radical (unpaired) electrons. The molecule has 1 fully saturated rings. The van der Waals surface area contributed by atoms with Crippen molar-refractivity contribution in [1.29, 1.82) is 0 Å². The highest BCUT2D eigenvalue weighted by molar-refractivity contribution is 9.10. The molecule has 0 saturated carbocycles. The third-order valence-electron chi connectivity index (χ3n) is 2.43. The number of alkyl halides is 1. The predicted molar refractivity (Wildman–Crippen MR) is 53.4 cm³/mol. The Balaban J connectivity index is 2.53. The van der Waals surface area contributed by atoms with Crippen LogP contribution in [0.4, 0.5) is 0 Å². The highest BCUT2D eigenvalue weighted by Crippen LogP contribution is 2.18. The average molecular weight is 234 g/mol. The molecule has 0 bridgehead atoms. The zero-order chi connectivity index (χ0) is 9.14. The van der Waals surface area contributed by atoms with Gasteiger partial charge in [-0.2, -0.15) is 0 Å². The highest BCUT2D eigenvalue weighted by atomic mass is 79.9. The van der Waals surface area contributed by atoms with Crippen molar-refractivity contribution >= 4 is 21.8 Å². The van der Waals surface area contributed by atoms with Gasteiger partial charge in [0.25, 0.3) is 0 Å². The molecule has 0 aromatic rings. The van der Waals surface area contributed by atoms with Crippen LogP contribution in [0.25, 0.3) is 0 Å². The van der Waals surface area contributed by atoms with E-state index in [1.165, 1.54) is 6.42 Å². The molecule has 1 aliphatic rings. The summed E-state index contributed by atoms with van der Waals surface area (Å²) in [5.41, 5.74) is 0. The van der Waals surface area contributed by atoms with Crippen LogP contribution in [-0.4, -0.2) is 28.2 Å². The first kappa shape index (κ1) is 10.0. The van der Waals surface area contributed by atoms with E-state index in [1.54, 1.807) is 0 Å². The van der Waals surface area contributed by atoms with Crippen molar-refractivity contribution in [3.63, 3.8) is 0 Å². The molecule has 2 unspecified atom stereocenters. The largest absolute Gasteiger partial charge is 0.339 e. The van der Waals surface area contributed by atoms with Gasteiger partial charge in [-0.3, -0.25) is 4.79 Å². The normalized spacial score (nSPS) is 26.9. The van der Waals surface area contributed by atoms with Crippen LogP contribution in [0.3, 0.4) is 0 Å². The lowest BCUT2D eigenvalue weighted by molar-refractivity contribution is -0.133. The molecule has 1 amide bonds. The van der Waals surface area contributed by atoms with Gasteiger partial charge in [-0.25, -0.2) is 0 Å². The molecule has 3 heteroatoms. The van der Waals surface area contributed by atoms with Crippen LogP contribution in [0.5, 0.6) is 0 Å². The van der Waals surface area contributed by atoms with Gasteiger partial charge in [0, 0.05) is 12.6 Å². The van der Waals surface area contributed by atoms with E-state index in [1.807, 2.05) is 11.8 Å². The lowest BCUT2D eigenvalue weighted by atomic mass is 10.0. The molecule has 1 saturated heterocycles. The molecule has 2 nitrogen and oxygen atoms in total. The van der Waals surface area contributed by atoms with Crippen LogP contribution < -0.4 is 0 Å². The summed E-state index contributed by atoms with van der Waals surface area (Å²) in [5, 5.41) is 0. The maximum Gasteiger partial charge on any atom is 0.236 e. The molecule has 0 spiro atoms. The summed E-state index contributed by atoms with van der Waals surface area (Å²) in [6.45, 7) is 4.96. The Kier molecular flexibility index (Phi) is 3.56. The summed E-state index contributed by atoms with van der Waals surface area (Å²) in [7, 11) is 0. The quantitative estimate of drug-likeness (QED) is 0.637. The van der Waals surface area contributed by atoms with Crippen molar-refractivity contribution in [2.45, 2.75) is 44.0 Å². The minimum Gasteiger partial charge on any atom is -0.339 e. The van der Waals surface area contributed by atoms with Gasteiger partial charge < -0.3 is 4.90 Å². The van der Waals surface area contributed by atoms with Crippen molar-refractivity contribution in [2.24, 2.45) is 0 Å². The molecule has 12 heavy (non-hydrogen) atoms. The second-order valence-corrected chi connectivity index (χ2v) is 4.87. The zero-order valence-corrected chi connectivity index (χ0v) is 9.30. The standard InChI is InChI=1S/C9H16BrNO/c1-7-5-3-4-6-11(7)9(12)8(2)10/h7-8H,3-6H2,1-2H3. The minimum atomic E-state index is -0.0296. The van der Waals surface area contributed by atoms with Crippen molar-refractivity contribution in [3.8, 4) is 0 Å². The summed E-state index contributed by atoms with van der Waals surface area (Å²) in [6.07, 6.45) is 3.59. The van der Waals surface area contributed by atoms with Crippen LogP contribution in [0.15, 0.2) is 0 Å². The number of carbonyl (C=O) groups excluding carboxylic acids is 1. The molecule has 1 rings (SSSR count). The minimum absolute atomic E-state index is 0.0296. The van der Waals surface area contributed by atoms with E-state index in [0.29, 0.717) is 6.04 Å². The smallest absolute Gasteiger partial charge is 0.236 e. The van der Waals surface area contributed by atoms with E-state index in [0.717, 1.165) is 19.4 Å². The Labute approximate surface area is 82.4 Å². The lowest BCUT2D eigenvalue weighted by Gasteiger charge is -2.34. The van der Waals surface area contributed by atoms with E-state index in [4.69, 9.17) is 0 Å². The summed E-state index contributed by atoms with van der Waals surface area (Å²) in [5.74, 6) is 0.238. The fraction of sp³-hybridized carbons (Fsp3) is 0.889. The molecule has 1 heterocycles. The Bertz CT molecular complexity index is 170. The van der Waals surface area contributed by atoms with Crippen LogP contribution in [0, 0.1) is 0 Å². The summed E-state index contributed by atoms with van der Waals surface area (Å²) < 4.78 is 0. The molecular weight excluding hydrogens is 218 g/mol. The number of piperidine rings is 1. The first-order chi connectivity index (χ1) is 5.63. The molecule has 70 valence electrons. The summed E-state index contributed by atoms with van der Waals surface area (Å²) in [6, 6.07) is 0.436. The first-order valence-corrected chi connectivity index (χ1v) is 5.49. The van der Waals surface area contributed by atoms with Gasteiger partial charge in [-0.05, 0) is 33.1 Å². The highest BCUT2D eigenvalue weighted by Gasteiger charge is 2.25. The summed E-state index contributed by atoms with van der Waals surface area (Å²) in [4.78, 5) is 13.5. The third-order valence-corrected chi connectivity index (χ3v) is 2.82. The molecule has 2 atom stereocenters. The van der Waals surface area contributed by atoms with E-state index in [9.17, 15) is 4.79 Å². The Morgan fingerprint density at radius 2 is 2.25 bits per heavy atom. The van der Waals surface area contributed by atoms with Gasteiger partial charge in [0.15, 0.2) is 0 Å². The third kappa shape index (κ3) is 2.22. The molecule has 0 aromatic carbocycles. The molecular formula is C9H16BrNO. The lowest BCUT2D eigenvalue weighted by Crippen LogP contribution is -2.44. The van der Waals surface area contributed by atoms with E-state index in [-0.39, 0.29) is 10.7 Å². The SMILES string of the molecule is CC(Br)C(=O)N1CCCCC1C. The number of hydrogen-bond acceptors (Lipinski definition) is 1. The van der Waals surface area contributed by atoms with E-state index in [2.05, 4.69) is 22.9 Å². The Morgan fingerprint density at radius 3 is 2.75 bits per heavy atom. The monoisotopic (exact) mass is 233 g/mol. The number of halogens is 1. The second kappa shape index (κ2) is 4.26. The van der Waals surface area contributed by atoms with Gasteiger partial charge >= 0.3 is 0 Å². The van der Waals surface area contributed by atoms with Crippen molar-refractivity contribution in [1.82, 2.24) is 4.90 Å². The van der Waals surface area contributed by atoms with Gasteiger partial charge in [0.05, 0.1) is 4.83 Å². The van der Waals surface area contributed by atoms with E-state index >= 15 is 0 Å². The fourth-order valence-corrected chi connectivity index (χ4v) is 1.92. The fourth-order valence-electron chi connectivity index (χ4n) is 1.65. The number of carbonyl (C=O) groups is 1. The van der Waals surface area contributed by atoms with Crippen LogP contribution >= 0.6 is 15.9 Å². The maximum absolute atomic E-state index is 11.6. The number of amides is 1. The first-order valence-electron chi connectivity index (χ1n) is 4.57. The summed E-state index contributed by atoms with van der Waals surface area (Å²) >= 11 is 3.31. The van der Waals surface area contributed by atoms with Crippen molar-refractivity contribution in [3.05, 3.63) is 0 Å². The van der Waals surface area contributed by atoms with Crippen molar-refractivity contribution < 1.29 is 4.79 Å². The van der Waals surface area contributed by atoms with Gasteiger partial charge in [0.1, 0.15) is 0 Å². The molecule has 0 N–H and O–H groups in total. The van der Waals surface area contributed by atoms with E-state index < -0.39 is 0 Å².